The van der Waals surface area contributed by atoms with Gasteiger partial charge in [0.1, 0.15) is 0 Å². The molecule has 1 unspecified atom stereocenters. The highest BCUT2D eigenvalue weighted by Crippen LogP contribution is 2.24. The quantitative estimate of drug-likeness (QED) is 0.481. The van der Waals surface area contributed by atoms with E-state index >= 15 is 0 Å². The standard InChI is InChI=1S/C14H18N2S2/c1-2-17-12-7-5-11(6-8-12)14(16-15)10-13-4-3-9-18-13/h3-9,14,16H,2,10,15H2,1H3. The average molecular weight is 278 g/mol. The Kier molecular flexibility index (Phi) is 5.26. The van der Waals surface area contributed by atoms with Gasteiger partial charge in [-0.05, 0) is 34.9 Å². The van der Waals surface area contributed by atoms with E-state index in [4.69, 9.17) is 5.84 Å². The Bertz CT molecular complexity index is 451. The van der Waals surface area contributed by atoms with Gasteiger partial charge in [0.25, 0.3) is 0 Å². The van der Waals surface area contributed by atoms with Gasteiger partial charge in [-0.1, -0.05) is 25.1 Å². The van der Waals surface area contributed by atoms with Crippen molar-refractivity contribution in [3.05, 3.63) is 52.2 Å². The van der Waals surface area contributed by atoms with Crippen molar-refractivity contribution >= 4 is 23.1 Å². The van der Waals surface area contributed by atoms with Crippen LogP contribution in [-0.4, -0.2) is 5.75 Å². The maximum absolute atomic E-state index is 5.67. The fraction of sp³-hybridized carbons (Fsp3) is 0.286. The Balaban J connectivity index is 2.07. The summed E-state index contributed by atoms with van der Waals surface area (Å²) in [7, 11) is 0. The van der Waals surface area contributed by atoms with Crippen LogP contribution >= 0.6 is 23.1 Å². The largest absolute Gasteiger partial charge is 0.271 e. The number of hydrazine groups is 1. The van der Waals surface area contributed by atoms with Crippen LogP contribution in [0.1, 0.15) is 23.4 Å². The minimum atomic E-state index is 0.185. The smallest absolute Gasteiger partial charge is 0.0508 e. The topological polar surface area (TPSA) is 38.0 Å². The lowest BCUT2D eigenvalue weighted by atomic mass is 10.0. The second kappa shape index (κ2) is 6.95. The molecule has 0 bridgehead atoms. The van der Waals surface area contributed by atoms with Crippen LogP contribution in [0.25, 0.3) is 0 Å². The van der Waals surface area contributed by atoms with Gasteiger partial charge in [0.15, 0.2) is 0 Å². The van der Waals surface area contributed by atoms with Crippen molar-refractivity contribution in [2.45, 2.75) is 24.3 Å². The molecule has 0 aliphatic carbocycles. The van der Waals surface area contributed by atoms with Gasteiger partial charge in [0.05, 0.1) is 6.04 Å². The highest BCUT2D eigenvalue weighted by molar-refractivity contribution is 7.99. The van der Waals surface area contributed by atoms with Crippen molar-refractivity contribution in [2.24, 2.45) is 5.84 Å². The minimum Gasteiger partial charge on any atom is -0.271 e. The van der Waals surface area contributed by atoms with Crippen LogP contribution in [0.4, 0.5) is 0 Å². The molecule has 0 aliphatic rings. The van der Waals surface area contributed by atoms with E-state index in [1.165, 1.54) is 15.3 Å². The molecule has 0 saturated heterocycles. The molecule has 1 atom stereocenters. The summed E-state index contributed by atoms with van der Waals surface area (Å²) < 4.78 is 0. The number of hydrogen-bond acceptors (Lipinski definition) is 4. The third-order valence-corrected chi connectivity index (χ3v) is 4.57. The van der Waals surface area contributed by atoms with E-state index in [1.807, 2.05) is 11.8 Å². The van der Waals surface area contributed by atoms with Crippen LogP contribution in [0.5, 0.6) is 0 Å². The zero-order valence-corrected chi connectivity index (χ0v) is 12.1. The van der Waals surface area contributed by atoms with E-state index in [-0.39, 0.29) is 6.04 Å². The average Bonchev–Trinajstić information content (AvgIpc) is 2.90. The summed E-state index contributed by atoms with van der Waals surface area (Å²) in [5.74, 6) is 6.77. The molecule has 0 amide bonds. The molecule has 0 fully saturated rings. The summed E-state index contributed by atoms with van der Waals surface area (Å²) in [5, 5.41) is 2.10. The molecule has 1 heterocycles. The normalized spacial score (nSPS) is 12.6. The fourth-order valence-electron chi connectivity index (χ4n) is 1.87. The summed E-state index contributed by atoms with van der Waals surface area (Å²) in [4.78, 5) is 2.66. The summed E-state index contributed by atoms with van der Waals surface area (Å²) >= 11 is 3.63. The van der Waals surface area contributed by atoms with Crippen LogP contribution in [0.15, 0.2) is 46.7 Å². The zero-order chi connectivity index (χ0) is 12.8. The molecular formula is C14H18N2S2. The second-order valence-electron chi connectivity index (χ2n) is 4.00. The predicted molar refractivity (Wildman–Crippen MR) is 80.9 cm³/mol. The molecule has 1 aromatic heterocycles. The SMILES string of the molecule is CCSc1ccc(C(Cc2cccs2)NN)cc1. The van der Waals surface area contributed by atoms with Crippen LogP contribution < -0.4 is 11.3 Å². The highest BCUT2D eigenvalue weighted by atomic mass is 32.2. The number of rotatable bonds is 6. The lowest BCUT2D eigenvalue weighted by Crippen LogP contribution is -2.29. The van der Waals surface area contributed by atoms with Crippen molar-refractivity contribution in [1.29, 1.82) is 0 Å². The Labute approximate surface area is 117 Å². The third-order valence-electron chi connectivity index (χ3n) is 2.78. The predicted octanol–water partition coefficient (Wildman–Crippen LogP) is 3.61. The monoisotopic (exact) mass is 278 g/mol. The summed E-state index contributed by atoms with van der Waals surface area (Å²) in [6.07, 6.45) is 0.939. The van der Waals surface area contributed by atoms with Gasteiger partial charge in [-0.25, -0.2) is 0 Å². The van der Waals surface area contributed by atoms with Gasteiger partial charge in [-0.2, -0.15) is 0 Å². The Hall–Kier alpha value is -0.810. The summed E-state index contributed by atoms with van der Waals surface area (Å²) in [6.45, 7) is 2.17. The van der Waals surface area contributed by atoms with Gasteiger partial charge in [0, 0.05) is 16.2 Å². The number of thioether (sulfide) groups is 1. The van der Waals surface area contributed by atoms with Gasteiger partial charge in [-0.15, -0.1) is 23.1 Å². The summed E-state index contributed by atoms with van der Waals surface area (Å²) in [5.41, 5.74) is 4.15. The van der Waals surface area contributed by atoms with E-state index in [9.17, 15) is 0 Å². The molecule has 96 valence electrons. The molecule has 2 aromatic rings. The van der Waals surface area contributed by atoms with Gasteiger partial charge >= 0.3 is 0 Å². The van der Waals surface area contributed by atoms with Crippen LogP contribution in [0, 0.1) is 0 Å². The highest BCUT2D eigenvalue weighted by Gasteiger charge is 2.11. The summed E-state index contributed by atoms with van der Waals surface area (Å²) in [6, 6.07) is 13.1. The first-order valence-electron chi connectivity index (χ1n) is 6.04. The number of benzene rings is 1. The zero-order valence-electron chi connectivity index (χ0n) is 10.4. The number of thiophene rings is 1. The Morgan fingerprint density at radius 1 is 1.28 bits per heavy atom. The van der Waals surface area contributed by atoms with Gasteiger partial charge < -0.3 is 0 Å². The van der Waals surface area contributed by atoms with E-state index in [1.54, 1.807) is 11.3 Å². The molecule has 0 spiro atoms. The lowest BCUT2D eigenvalue weighted by molar-refractivity contribution is 0.555. The van der Waals surface area contributed by atoms with Crippen molar-refractivity contribution in [3.63, 3.8) is 0 Å². The molecule has 0 aliphatic heterocycles. The third kappa shape index (κ3) is 3.59. The molecule has 1 aromatic carbocycles. The molecular weight excluding hydrogens is 260 g/mol. The maximum atomic E-state index is 5.67. The van der Waals surface area contributed by atoms with E-state index < -0.39 is 0 Å². The second-order valence-corrected chi connectivity index (χ2v) is 6.37. The molecule has 18 heavy (non-hydrogen) atoms. The first kappa shape index (κ1) is 13.6. The van der Waals surface area contributed by atoms with Crippen LogP contribution in [0.2, 0.25) is 0 Å². The minimum absolute atomic E-state index is 0.185. The van der Waals surface area contributed by atoms with Gasteiger partial charge in [0.2, 0.25) is 0 Å². The van der Waals surface area contributed by atoms with Crippen LogP contribution in [0.3, 0.4) is 0 Å². The van der Waals surface area contributed by atoms with Gasteiger partial charge in [-0.3, -0.25) is 11.3 Å². The van der Waals surface area contributed by atoms with Crippen molar-refractivity contribution in [3.8, 4) is 0 Å². The van der Waals surface area contributed by atoms with Crippen molar-refractivity contribution in [2.75, 3.05) is 5.75 Å². The van der Waals surface area contributed by atoms with E-state index in [0.717, 1.165) is 12.2 Å². The van der Waals surface area contributed by atoms with E-state index in [0.29, 0.717) is 0 Å². The molecule has 0 saturated carbocycles. The molecule has 0 radical (unpaired) electrons. The number of hydrogen-bond donors (Lipinski definition) is 2. The molecule has 2 nitrogen and oxygen atoms in total. The number of nitrogens with two attached hydrogens (primary N) is 1. The fourth-order valence-corrected chi connectivity index (χ4v) is 3.28. The molecule has 2 rings (SSSR count). The first-order valence-corrected chi connectivity index (χ1v) is 7.91. The Morgan fingerprint density at radius 3 is 2.61 bits per heavy atom. The Morgan fingerprint density at radius 2 is 2.06 bits per heavy atom. The maximum Gasteiger partial charge on any atom is 0.0508 e. The van der Waals surface area contributed by atoms with Crippen molar-refractivity contribution in [1.82, 2.24) is 5.43 Å². The molecule has 4 heteroatoms. The lowest BCUT2D eigenvalue weighted by Gasteiger charge is -2.15. The molecule has 3 N–H and O–H groups in total. The van der Waals surface area contributed by atoms with Crippen LogP contribution in [-0.2, 0) is 6.42 Å². The van der Waals surface area contributed by atoms with E-state index in [2.05, 4.69) is 54.1 Å². The first-order chi connectivity index (χ1) is 8.83. The number of nitrogens with one attached hydrogen (secondary N) is 1. The van der Waals surface area contributed by atoms with Crippen molar-refractivity contribution < 1.29 is 0 Å².